The van der Waals surface area contributed by atoms with Crippen LogP contribution in [0, 0.1) is 0 Å². The van der Waals surface area contributed by atoms with Crippen LogP contribution in [0.5, 0.6) is 0 Å². The third-order valence-electron chi connectivity index (χ3n) is 5.68. The van der Waals surface area contributed by atoms with Crippen molar-refractivity contribution in [3.8, 4) is 0 Å². The summed E-state index contributed by atoms with van der Waals surface area (Å²) in [5.74, 6) is -2.05. The molecular formula is C20H17F6N5O2S. The number of aromatic nitrogens is 2. The molecule has 0 bridgehead atoms. The summed E-state index contributed by atoms with van der Waals surface area (Å²) in [6.45, 7) is -0.702. The molecule has 3 heterocycles. The van der Waals surface area contributed by atoms with Crippen molar-refractivity contribution in [3.05, 3.63) is 41.1 Å². The number of para-hydroxylation sites is 1. The zero-order valence-electron chi connectivity index (χ0n) is 17.7. The van der Waals surface area contributed by atoms with Crippen LogP contribution in [-0.4, -0.2) is 52.8 Å². The van der Waals surface area contributed by atoms with Crippen molar-refractivity contribution in [2.75, 3.05) is 29.6 Å². The van der Waals surface area contributed by atoms with Gasteiger partial charge in [0.05, 0.1) is 23.8 Å². The minimum Gasteiger partial charge on any atom is -0.313 e. The number of rotatable bonds is 2. The number of halogens is 6. The Morgan fingerprint density at radius 2 is 1.88 bits per heavy atom. The molecule has 0 aliphatic carbocycles. The lowest BCUT2D eigenvalue weighted by atomic mass is 9.91. The predicted molar refractivity (Wildman–Crippen MR) is 110 cm³/mol. The molecule has 3 amide bonds. The number of alkyl halides is 6. The van der Waals surface area contributed by atoms with Crippen molar-refractivity contribution in [1.29, 1.82) is 0 Å². The highest BCUT2D eigenvalue weighted by Crippen LogP contribution is 2.47. The zero-order chi connectivity index (χ0) is 25.0. The Hall–Kier alpha value is -3.03. The molecule has 1 unspecified atom stereocenters. The highest BCUT2D eigenvalue weighted by molar-refractivity contribution is 7.98. The van der Waals surface area contributed by atoms with Gasteiger partial charge in [0.1, 0.15) is 5.82 Å². The van der Waals surface area contributed by atoms with Crippen LogP contribution in [0.4, 0.5) is 42.6 Å². The second-order valence-electron chi connectivity index (χ2n) is 7.68. The van der Waals surface area contributed by atoms with E-state index in [-0.39, 0.29) is 23.4 Å². The lowest BCUT2D eigenvalue weighted by Crippen LogP contribution is -2.51. The van der Waals surface area contributed by atoms with Gasteiger partial charge in [-0.05, 0) is 24.3 Å². The van der Waals surface area contributed by atoms with Gasteiger partial charge in [-0.3, -0.25) is 9.69 Å². The summed E-state index contributed by atoms with van der Waals surface area (Å²) >= 11 is 1.26. The summed E-state index contributed by atoms with van der Waals surface area (Å²) in [7, 11) is 1.44. The average molecular weight is 505 g/mol. The van der Waals surface area contributed by atoms with Gasteiger partial charge in [0.15, 0.2) is 5.16 Å². The maximum atomic E-state index is 13.8. The minimum atomic E-state index is -5.37. The molecular weight excluding hydrogens is 488 g/mol. The van der Waals surface area contributed by atoms with Gasteiger partial charge < -0.3 is 9.80 Å². The summed E-state index contributed by atoms with van der Waals surface area (Å²) in [4.78, 5) is 36.2. The number of anilines is 2. The van der Waals surface area contributed by atoms with Crippen LogP contribution in [0.1, 0.15) is 29.2 Å². The fourth-order valence-electron chi connectivity index (χ4n) is 4.22. The maximum Gasteiger partial charge on any atom is 0.471 e. The number of benzene rings is 1. The normalized spacial score (nSPS) is 18.6. The fourth-order valence-corrected chi connectivity index (χ4v) is 4.56. The molecule has 0 saturated heterocycles. The van der Waals surface area contributed by atoms with Gasteiger partial charge in [0.25, 0.3) is 0 Å². The van der Waals surface area contributed by atoms with E-state index in [1.807, 2.05) is 0 Å². The van der Waals surface area contributed by atoms with E-state index in [4.69, 9.17) is 0 Å². The smallest absolute Gasteiger partial charge is 0.313 e. The molecule has 34 heavy (non-hydrogen) atoms. The van der Waals surface area contributed by atoms with Crippen LogP contribution in [0.25, 0.3) is 0 Å². The predicted octanol–water partition coefficient (Wildman–Crippen LogP) is 4.63. The van der Waals surface area contributed by atoms with Gasteiger partial charge in [0.2, 0.25) is 0 Å². The van der Waals surface area contributed by atoms with E-state index in [2.05, 4.69) is 9.97 Å². The number of thioether (sulfide) groups is 1. The third kappa shape index (κ3) is 4.03. The van der Waals surface area contributed by atoms with E-state index in [0.717, 1.165) is 6.07 Å². The molecule has 0 radical (unpaired) electrons. The molecule has 0 N–H and O–H groups in total. The first-order chi connectivity index (χ1) is 15.8. The first kappa shape index (κ1) is 24.1. The summed E-state index contributed by atoms with van der Waals surface area (Å²) in [6, 6.07) is 1.30. The molecule has 7 nitrogen and oxygen atoms in total. The highest BCUT2D eigenvalue weighted by Gasteiger charge is 2.49. The molecule has 0 spiro atoms. The van der Waals surface area contributed by atoms with E-state index in [9.17, 15) is 35.9 Å². The van der Waals surface area contributed by atoms with Crippen LogP contribution in [0.3, 0.4) is 0 Å². The average Bonchev–Trinajstić information content (AvgIpc) is 2.78. The summed E-state index contributed by atoms with van der Waals surface area (Å²) < 4.78 is 80.8. The van der Waals surface area contributed by atoms with E-state index < -0.39 is 48.1 Å². The number of hydrogen-bond donors (Lipinski definition) is 0. The number of hydrogen-bond acceptors (Lipinski definition) is 5. The Morgan fingerprint density at radius 1 is 1.18 bits per heavy atom. The Balaban J connectivity index is 1.82. The lowest BCUT2D eigenvalue weighted by molar-refractivity contribution is -0.170. The first-order valence-electron chi connectivity index (χ1n) is 9.87. The molecule has 182 valence electrons. The molecule has 2 aliphatic rings. The molecule has 0 fully saturated rings. The Kier molecular flexibility index (Phi) is 5.90. The fraction of sp³-hybridized carbons (Fsp3) is 0.400. The second kappa shape index (κ2) is 8.32. The van der Waals surface area contributed by atoms with Crippen molar-refractivity contribution in [2.24, 2.45) is 0 Å². The van der Waals surface area contributed by atoms with Crippen molar-refractivity contribution in [3.63, 3.8) is 0 Å². The van der Waals surface area contributed by atoms with Crippen molar-refractivity contribution < 1.29 is 35.9 Å². The summed E-state index contributed by atoms with van der Waals surface area (Å²) in [5, 5.41) is 0.422. The van der Waals surface area contributed by atoms with Crippen LogP contribution in [-0.2, 0) is 17.5 Å². The topological polar surface area (TPSA) is 69.6 Å². The number of carbonyl (C=O) groups excluding carboxylic acids is 2. The molecule has 0 saturated carbocycles. The number of amides is 3. The third-order valence-corrected chi connectivity index (χ3v) is 6.25. The number of fused-ring (bicyclic) bond motifs is 2. The standard InChI is InChI=1S/C20H17F6N5O2S/c1-29-15-10(8-27-17(28-15)34-2)9-31(18(29)33)13-6-7-30(16(32)20(24,25)26)14-11(13)4-3-5-12(14)19(21,22)23/h3-5,8,13H,6-7,9H2,1-2H3. The van der Waals surface area contributed by atoms with Gasteiger partial charge in [0, 0.05) is 25.4 Å². The van der Waals surface area contributed by atoms with Crippen molar-refractivity contribution in [1.82, 2.24) is 14.9 Å². The molecule has 4 rings (SSSR count). The maximum absolute atomic E-state index is 13.8. The molecule has 1 atom stereocenters. The largest absolute Gasteiger partial charge is 0.471 e. The van der Waals surface area contributed by atoms with Crippen LogP contribution >= 0.6 is 11.8 Å². The van der Waals surface area contributed by atoms with E-state index >= 15 is 0 Å². The number of urea groups is 1. The van der Waals surface area contributed by atoms with Crippen LogP contribution in [0.2, 0.25) is 0 Å². The zero-order valence-corrected chi connectivity index (χ0v) is 18.6. The van der Waals surface area contributed by atoms with Crippen molar-refractivity contribution in [2.45, 2.75) is 36.5 Å². The molecule has 1 aromatic heterocycles. The number of carbonyl (C=O) groups is 2. The Bertz CT molecular complexity index is 1160. The first-order valence-corrected chi connectivity index (χ1v) is 11.1. The van der Waals surface area contributed by atoms with Gasteiger partial charge in [-0.2, -0.15) is 26.3 Å². The van der Waals surface area contributed by atoms with Crippen LogP contribution in [0.15, 0.2) is 29.6 Å². The number of nitrogens with zero attached hydrogens (tertiary/aromatic N) is 5. The molecule has 2 aliphatic heterocycles. The second-order valence-corrected chi connectivity index (χ2v) is 8.45. The monoisotopic (exact) mass is 505 g/mol. The van der Waals surface area contributed by atoms with Gasteiger partial charge in [-0.15, -0.1) is 0 Å². The summed E-state index contributed by atoms with van der Waals surface area (Å²) in [5.41, 5.74) is -1.92. The lowest BCUT2D eigenvalue weighted by Gasteiger charge is -2.44. The van der Waals surface area contributed by atoms with Gasteiger partial charge in [-0.1, -0.05) is 23.9 Å². The van der Waals surface area contributed by atoms with Crippen LogP contribution < -0.4 is 9.80 Å². The van der Waals surface area contributed by atoms with E-state index in [0.29, 0.717) is 22.6 Å². The molecule has 14 heteroatoms. The van der Waals surface area contributed by atoms with Gasteiger partial charge in [-0.25, -0.2) is 14.8 Å². The quantitative estimate of drug-likeness (QED) is 0.338. The van der Waals surface area contributed by atoms with E-state index in [1.54, 1.807) is 6.26 Å². The van der Waals surface area contributed by atoms with Crippen molar-refractivity contribution >= 4 is 35.2 Å². The van der Waals surface area contributed by atoms with E-state index in [1.165, 1.54) is 40.9 Å². The Morgan fingerprint density at radius 3 is 2.50 bits per heavy atom. The SMILES string of the molecule is CSc1ncc2c(n1)N(C)C(=O)N(C1CCN(C(=O)C(F)(F)F)c3c1cccc3C(F)(F)F)C2. The minimum absolute atomic E-state index is 0.0548. The Labute approximate surface area is 193 Å². The van der Waals surface area contributed by atoms with Gasteiger partial charge >= 0.3 is 24.3 Å². The highest BCUT2D eigenvalue weighted by atomic mass is 32.2. The molecule has 1 aromatic carbocycles. The summed E-state index contributed by atoms with van der Waals surface area (Å²) in [6.07, 6.45) is -7.32. The molecule has 2 aromatic rings.